The van der Waals surface area contributed by atoms with Crippen molar-refractivity contribution < 1.29 is 0 Å². The highest BCUT2D eigenvalue weighted by molar-refractivity contribution is 5.22. The second kappa shape index (κ2) is 5.46. The molecular formula is C14H22N2. The van der Waals surface area contributed by atoms with Crippen molar-refractivity contribution >= 4 is 0 Å². The van der Waals surface area contributed by atoms with E-state index in [2.05, 4.69) is 48.3 Å². The summed E-state index contributed by atoms with van der Waals surface area (Å²) in [5.41, 5.74) is 2.80. The smallest absolute Gasteiger partial charge is 0.0237 e. The zero-order chi connectivity index (χ0) is 11.4. The Morgan fingerprint density at radius 2 is 2.25 bits per heavy atom. The number of nitrogens with one attached hydrogen (secondary N) is 1. The van der Waals surface area contributed by atoms with E-state index in [0.29, 0.717) is 6.04 Å². The van der Waals surface area contributed by atoms with Gasteiger partial charge in [-0.3, -0.25) is 4.90 Å². The molecule has 1 unspecified atom stereocenters. The molecule has 1 saturated heterocycles. The standard InChI is InChI=1S/C14H22N2/c1-12-4-3-5-14(10-12)11-16-9-8-15-7-6-13(16)2/h3-5,10,13,15H,6-9,11H2,1-2H3. The Balaban J connectivity index is 2.02. The van der Waals surface area contributed by atoms with Crippen molar-refractivity contribution in [1.29, 1.82) is 0 Å². The van der Waals surface area contributed by atoms with Gasteiger partial charge in [0.1, 0.15) is 0 Å². The molecule has 16 heavy (non-hydrogen) atoms. The lowest BCUT2D eigenvalue weighted by molar-refractivity contribution is 0.211. The summed E-state index contributed by atoms with van der Waals surface area (Å²) in [6.45, 7) is 9.03. The number of benzene rings is 1. The SMILES string of the molecule is Cc1cccc(CN2CCNCCC2C)c1. The first-order valence-electron chi connectivity index (χ1n) is 6.26. The molecule has 88 valence electrons. The normalized spacial score (nSPS) is 23.0. The fraction of sp³-hybridized carbons (Fsp3) is 0.571. The molecule has 1 fully saturated rings. The maximum Gasteiger partial charge on any atom is 0.0237 e. The van der Waals surface area contributed by atoms with E-state index in [-0.39, 0.29) is 0 Å². The van der Waals surface area contributed by atoms with Gasteiger partial charge in [-0.05, 0) is 32.4 Å². The number of nitrogens with zero attached hydrogens (tertiary/aromatic N) is 1. The summed E-state index contributed by atoms with van der Waals surface area (Å²) in [5.74, 6) is 0. The highest BCUT2D eigenvalue weighted by Gasteiger charge is 2.16. The minimum atomic E-state index is 0.690. The van der Waals surface area contributed by atoms with E-state index in [0.717, 1.165) is 26.2 Å². The number of rotatable bonds is 2. The molecule has 0 aromatic heterocycles. The Bertz CT molecular complexity index is 335. The van der Waals surface area contributed by atoms with Crippen molar-refractivity contribution in [2.45, 2.75) is 32.9 Å². The number of hydrogen-bond acceptors (Lipinski definition) is 2. The summed E-state index contributed by atoms with van der Waals surface area (Å²) in [6.07, 6.45) is 1.26. The third-order valence-electron chi connectivity index (χ3n) is 3.41. The molecule has 2 rings (SSSR count). The fourth-order valence-corrected chi connectivity index (χ4v) is 2.34. The minimum absolute atomic E-state index is 0.690. The van der Waals surface area contributed by atoms with Gasteiger partial charge < -0.3 is 5.32 Å². The van der Waals surface area contributed by atoms with Crippen LogP contribution < -0.4 is 5.32 Å². The molecule has 0 saturated carbocycles. The van der Waals surface area contributed by atoms with Gasteiger partial charge in [0.2, 0.25) is 0 Å². The van der Waals surface area contributed by atoms with Crippen molar-refractivity contribution in [2.24, 2.45) is 0 Å². The zero-order valence-electron chi connectivity index (χ0n) is 10.4. The summed E-state index contributed by atoms with van der Waals surface area (Å²) in [5, 5.41) is 3.46. The first-order chi connectivity index (χ1) is 7.75. The highest BCUT2D eigenvalue weighted by atomic mass is 15.2. The summed E-state index contributed by atoms with van der Waals surface area (Å²) in [6, 6.07) is 9.54. The van der Waals surface area contributed by atoms with E-state index in [1.54, 1.807) is 0 Å². The van der Waals surface area contributed by atoms with Crippen molar-refractivity contribution in [1.82, 2.24) is 10.2 Å². The van der Waals surface area contributed by atoms with Gasteiger partial charge >= 0.3 is 0 Å². The highest BCUT2D eigenvalue weighted by Crippen LogP contribution is 2.12. The van der Waals surface area contributed by atoms with Gasteiger partial charge in [-0.1, -0.05) is 29.8 Å². The monoisotopic (exact) mass is 218 g/mol. The molecule has 0 amide bonds. The molecular weight excluding hydrogens is 196 g/mol. The second-order valence-corrected chi connectivity index (χ2v) is 4.85. The van der Waals surface area contributed by atoms with Crippen molar-refractivity contribution in [3.05, 3.63) is 35.4 Å². The molecule has 1 aliphatic rings. The molecule has 1 N–H and O–H groups in total. The third-order valence-corrected chi connectivity index (χ3v) is 3.41. The van der Waals surface area contributed by atoms with Gasteiger partial charge in [-0.15, -0.1) is 0 Å². The van der Waals surface area contributed by atoms with Gasteiger partial charge in [-0.2, -0.15) is 0 Å². The molecule has 0 bridgehead atoms. The Hall–Kier alpha value is -0.860. The van der Waals surface area contributed by atoms with Crippen LogP contribution in [-0.2, 0) is 6.54 Å². The van der Waals surface area contributed by atoms with Crippen LogP contribution in [0.25, 0.3) is 0 Å². The van der Waals surface area contributed by atoms with E-state index in [1.165, 1.54) is 17.5 Å². The Morgan fingerprint density at radius 3 is 3.06 bits per heavy atom. The summed E-state index contributed by atoms with van der Waals surface area (Å²) in [7, 11) is 0. The lowest BCUT2D eigenvalue weighted by Crippen LogP contribution is -2.33. The molecule has 0 radical (unpaired) electrons. The Kier molecular flexibility index (Phi) is 3.97. The second-order valence-electron chi connectivity index (χ2n) is 4.85. The average Bonchev–Trinajstić information content (AvgIpc) is 2.45. The molecule has 1 aliphatic heterocycles. The molecule has 2 nitrogen and oxygen atoms in total. The van der Waals surface area contributed by atoms with E-state index in [1.807, 2.05) is 0 Å². The predicted molar refractivity (Wildman–Crippen MR) is 68.5 cm³/mol. The van der Waals surface area contributed by atoms with Crippen LogP contribution in [0.4, 0.5) is 0 Å². The molecule has 2 heteroatoms. The third kappa shape index (κ3) is 3.06. The average molecular weight is 218 g/mol. The largest absolute Gasteiger partial charge is 0.315 e. The number of aryl methyl sites for hydroxylation is 1. The minimum Gasteiger partial charge on any atom is -0.315 e. The Labute approximate surface area is 98.7 Å². The van der Waals surface area contributed by atoms with Gasteiger partial charge in [0, 0.05) is 25.7 Å². The topological polar surface area (TPSA) is 15.3 Å². The maximum absolute atomic E-state index is 3.46. The maximum atomic E-state index is 3.46. The molecule has 1 heterocycles. The summed E-state index contributed by atoms with van der Waals surface area (Å²) in [4.78, 5) is 2.58. The Morgan fingerprint density at radius 1 is 1.38 bits per heavy atom. The molecule has 0 spiro atoms. The van der Waals surface area contributed by atoms with Crippen LogP contribution in [0.1, 0.15) is 24.5 Å². The van der Waals surface area contributed by atoms with E-state index < -0.39 is 0 Å². The van der Waals surface area contributed by atoms with Crippen LogP contribution in [-0.4, -0.2) is 30.6 Å². The van der Waals surface area contributed by atoms with Crippen LogP contribution in [0.15, 0.2) is 24.3 Å². The van der Waals surface area contributed by atoms with Gasteiger partial charge in [0.15, 0.2) is 0 Å². The molecule has 1 aromatic carbocycles. The van der Waals surface area contributed by atoms with Gasteiger partial charge in [0.05, 0.1) is 0 Å². The molecule has 0 aliphatic carbocycles. The van der Waals surface area contributed by atoms with Crippen LogP contribution in [0.3, 0.4) is 0 Å². The zero-order valence-corrected chi connectivity index (χ0v) is 10.4. The lowest BCUT2D eigenvalue weighted by Gasteiger charge is -2.26. The fourth-order valence-electron chi connectivity index (χ4n) is 2.34. The van der Waals surface area contributed by atoms with Crippen LogP contribution in [0, 0.1) is 6.92 Å². The first-order valence-corrected chi connectivity index (χ1v) is 6.26. The van der Waals surface area contributed by atoms with Crippen LogP contribution in [0.2, 0.25) is 0 Å². The molecule has 1 aromatic rings. The van der Waals surface area contributed by atoms with Gasteiger partial charge in [0.25, 0.3) is 0 Å². The van der Waals surface area contributed by atoms with Crippen molar-refractivity contribution in [3.63, 3.8) is 0 Å². The predicted octanol–water partition coefficient (Wildman–Crippen LogP) is 2.18. The lowest BCUT2D eigenvalue weighted by atomic mass is 10.1. The summed E-state index contributed by atoms with van der Waals surface area (Å²) < 4.78 is 0. The van der Waals surface area contributed by atoms with Crippen LogP contribution >= 0.6 is 0 Å². The summed E-state index contributed by atoms with van der Waals surface area (Å²) >= 11 is 0. The van der Waals surface area contributed by atoms with E-state index in [9.17, 15) is 0 Å². The first kappa shape index (κ1) is 11.6. The number of hydrogen-bond donors (Lipinski definition) is 1. The molecule has 1 atom stereocenters. The van der Waals surface area contributed by atoms with Crippen molar-refractivity contribution in [2.75, 3.05) is 19.6 Å². The van der Waals surface area contributed by atoms with E-state index in [4.69, 9.17) is 0 Å². The van der Waals surface area contributed by atoms with Crippen molar-refractivity contribution in [3.8, 4) is 0 Å². The van der Waals surface area contributed by atoms with E-state index >= 15 is 0 Å². The van der Waals surface area contributed by atoms with Crippen LogP contribution in [0.5, 0.6) is 0 Å². The van der Waals surface area contributed by atoms with Gasteiger partial charge in [-0.25, -0.2) is 0 Å². The quantitative estimate of drug-likeness (QED) is 0.818.